The van der Waals surface area contributed by atoms with Crippen molar-refractivity contribution in [1.82, 2.24) is 15.3 Å². The van der Waals surface area contributed by atoms with Crippen molar-refractivity contribution in [1.29, 1.82) is 0 Å². The quantitative estimate of drug-likeness (QED) is 0.923. The summed E-state index contributed by atoms with van der Waals surface area (Å²) in [4.78, 5) is 8.63. The summed E-state index contributed by atoms with van der Waals surface area (Å²) in [7, 11) is 0. The summed E-state index contributed by atoms with van der Waals surface area (Å²) in [6.07, 6.45) is 1.79. The first-order valence-electron chi connectivity index (χ1n) is 6.84. The minimum Gasteiger partial charge on any atom is -0.424 e. The molecule has 4 nitrogen and oxygen atoms in total. The summed E-state index contributed by atoms with van der Waals surface area (Å²) >= 11 is 5.92. The molecule has 0 fully saturated rings. The van der Waals surface area contributed by atoms with Crippen LogP contribution in [0.1, 0.15) is 32.0 Å². The number of nitrogens with zero attached hydrogens (tertiary/aromatic N) is 2. The van der Waals surface area contributed by atoms with Crippen molar-refractivity contribution in [2.45, 2.75) is 39.8 Å². The lowest BCUT2D eigenvalue weighted by Crippen LogP contribution is -2.35. The van der Waals surface area contributed by atoms with Crippen LogP contribution < -0.4 is 10.1 Å². The van der Waals surface area contributed by atoms with Gasteiger partial charge in [0.1, 0.15) is 5.75 Å². The van der Waals surface area contributed by atoms with Crippen molar-refractivity contribution in [3.8, 4) is 11.8 Å². The van der Waals surface area contributed by atoms with Gasteiger partial charge >= 0.3 is 6.01 Å². The van der Waals surface area contributed by atoms with Gasteiger partial charge in [0.05, 0.1) is 0 Å². The number of halogens is 1. The Hall–Kier alpha value is -1.65. The zero-order valence-corrected chi connectivity index (χ0v) is 13.5. The first-order valence-corrected chi connectivity index (χ1v) is 7.22. The normalized spacial score (nSPS) is 11.5. The van der Waals surface area contributed by atoms with E-state index in [0.29, 0.717) is 16.8 Å². The molecule has 1 aromatic heterocycles. The zero-order valence-electron chi connectivity index (χ0n) is 12.8. The molecule has 0 aliphatic rings. The van der Waals surface area contributed by atoms with Gasteiger partial charge in [-0.25, -0.2) is 4.98 Å². The standard InChI is InChI=1S/C16H20ClN3O/c1-11-12(10-19-16(2,3)4)9-18-15(20-11)21-14-7-5-6-13(17)8-14/h5-9,19H,10H2,1-4H3. The molecule has 5 heteroatoms. The predicted octanol–water partition coefficient (Wildman–Crippen LogP) is 4.12. The lowest BCUT2D eigenvalue weighted by molar-refractivity contribution is 0.418. The number of ether oxygens (including phenoxy) is 1. The number of aryl methyl sites for hydroxylation is 1. The maximum absolute atomic E-state index is 5.92. The summed E-state index contributed by atoms with van der Waals surface area (Å²) < 4.78 is 5.61. The van der Waals surface area contributed by atoms with Gasteiger partial charge in [0, 0.05) is 34.6 Å². The Balaban J connectivity index is 2.08. The van der Waals surface area contributed by atoms with Gasteiger partial charge in [-0.05, 0) is 45.9 Å². The zero-order chi connectivity index (χ0) is 15.5. The summed E-state index contributed by atoms with van der Waals surface area (Å²) in [5.41, 5.74) is 2.02. The largest absolute Gasteiger partial charge is 0.424 e. The number of rotatable bonds is 4. The van der Waals surface area contributed by atoms with Crippen LogP contribution in [-0.4, -0.2) is 15.5 Å². The number of hydrogen-bond acceptors (Lipinski definition) is 4. The maximum atomic E-state index is 5.92. The number of nitrogens with one attached hydrogen (secondary N) is 1. The molecule has 0 aliphatic carbocycles. The highest BCUT2D eigenvalue weighted by molar-refractivity contribution is 6.30. The Kier molecular flexibility index (Phi) is 4.80. The SMILES string of the molecule is Cc1nc(Oc2cccc(Cl)c2)ncc1CNC(C)(C)C. The number of hydrogen-bond donors (Lipinski definition) is 1. The third-order valence-corrected chi connectivity index (χ3v) is 3.11. The molecule has 0 aliphatic heterocycles. The second kappa shape index (κ2) is 6.41. The second-order valence-electron chi connectivity index (χ2n) is 5.93. The fourth-order valence-corrected chi connectivity index (χ4v) is 1.87. The third-order valence-electron chi connectivity index (χ3n) is 2.87. The Bertz CT molecular complexity index is 623. The molecule has 2 rings (SSSR count). The molecule has 0 atom stereocenters. The molecule has 0 radical (unpaired) electrons. The van der Waals surface area contributed by atoms with Crippen LogP contribution in [0.25, 0.3) is 0 Å². The lowest BCUT2D eigenvalue weighted by Gasteiger charge is -2.20. The van der Waals surface area contributed by atoms with Crippen molar-refractivity contribution >= 4 is 11.6 Å². The third kappa shape index (κ3) is 4.99. The molecule has 0 bridgehead atoms. The highest BCUT2D eigenvalue weighted by Gasteiger charge is 2.11. The van der Waals surface area contributed by atoms with Gasteiger partial charge in [-0.3, -0.25) is 0 Å². The van der Waals surface area contributed by atoms with Crippen LogP contribution in [0, 0.1) is 6.92 Å². The summed E-state index contributed by atoms with van der Waals surface area (Å²) in [5, 5.41) is 4.04. The van der Waals surface area contributed by atoms with Crippen molar-refractivity contribution in [2.75, 3.05) is 0 Å². The molecular weight excluding hydrogens is 286 g/mol. The van der Waals surface area contributed by atoms with Gasteiger partial charge < -0.3 is 10.1 Å². The topological polar surface area (TPSA) is 47.0 Å². The van der Waals surface area contributed by atoms with E-state index in [2.05, 4.69) is 36.1 Å². The van der Waals surface area contributed by atoms with Crippen LogP contribution in [0.2, 0.25) is 5.02 Å². The molecule has 1 aromatic carbocycles. The molecule has 2 aromatic rings. The maximum Gasteiger partial charge on any atom is 0.322 e. The van der Waals surface area contributed by atoms with Gasteiger partial charge in [0.15, 0.2) is 0 Å². The average Bonchev–Trinajstić information content (AvgIpc) is 2.36. The van der Waals surface area contributed by atoms with E-state index in [0.717, 1.165) is 17.8 Å². The van der Waals surface area contributed by atoms with Crippen LogP contribution in [0.15, 0.2) is 30.5 Å². The number of aromatic nitrogens is 2. The summed E-state index contributed by atoms with van der Waals surface area (Å²) in [6, 6.07) is 7.50. The Morgan fingerprint density at radius 3 is 2.67 bits per heavy atom. The summed E-state index contributed by atoms with van der Waals surface area (Å²) in [6.45, 7) is 9.05. The lowest BCUT2D eigenvalue weighted by atomic mass is 10.1. The molecule has 1 N–H and O–H groups in total. The van der Waals surface area contributed by atoms with Crippen LogP contribution in [0.5, 0.6) is 11.8 Å². The predicted molar refractivity (Wildman–Crippen MR) is 84.9 cm³/mol. The van der Waals surface area contributed by atoms with Crippen molar-refractivity contribution in [2.24, 2.45) is 0 Å². The highest BCUT2D eigenvalue weighted by atomic mass is 35.5. The first-order chi connectivity index (χ1) is 9.83. The van der Waals surface area contributed by atoms with Gasteiger partial charge in [0.25, 0.3) is 0 Å². The first kappa shape index (κ1) is 15.7. The van der Waals surface area contributed by atoms with E-state index >= 15 is 0 Å². The van der Waals surface area contributed by atoms with Gasteiger partial charge in [-0.2, -0.15) is 4.98 Å². The molecule has 1 heterocycles. The smallest absolute Gasteiger partial charge is 0.322 e. The van der Waals surface area contributed by atoms with E-state index in [1.165, 1.54) is 0 Å². The summed E-state index contributed by atoms with van der Waals surface area (Å²) in [5.74, 6) is 0.627. The minimum atomic E-state index is 0.0579. The fraction of sp³-hybridized carbons (Fsp3) is 0.375. The molecular formula is C16H20ClN3O. The molecule has 0 amide bonds. The Morgan fingerprint density at radius 2 is 2.05 bits per heavy atom. The Labute approximate surface area is 130 Å². The molecule has 0 saturated carbocycles. The van der Waals surface area contributed by atoms with Crippen LogP contribution in [0.3, 0.4) is 0 Å². The van der Waals surface area contributed by atoms with E-state index in [1.54, 1.807) is 18.3 Å². The van der Waals surface area contributed by atoms with Gasteiger partial charge in [-0.1, -0.05) is 17.7 Å². The monoisotopic (exact) mass is 305 g/mol. The highest BCUT2D eigenvalue weighted by Crippen LogP contribution is 2.22. The minimum absolute atomic E-state index is 0.0579. The second-order valence-corrected chi connectivity index (χ2v) is 6.36. The number of benzene rings is 1. The molecule has 21 heavy (non-hydrogen) atoms. The van der Waals surface area contributed by atoms with Crippen molar-refractivity contribution in [3.05, 3.63) is 46.7 Å². The average molecular weight is 306 g/mol. The Morgan fingerprint density at radius 1 is 1.29 bits per heavy atom. The fourth-order valence-electron chi connectivity index (χ4n) is 1.69. The van der Waals surface area contributed by atoms with E-state index in [-0.39, 0.29) is 5.54 Å². The van der Waals surface area contributed by atoms with E-state index in [9.17, 15) is 0 Å². The van der Waals surface area contributed by atoms with Crippen LogP contribution >= 0.6 is 11.6 Å². The van der Waals surface area contributed by atoms with Crippen LogP contribution in [-0.2, 0) is 6.54 Å². The van der Waals surface area contributed by atoms with Gasteiger partial charge in [0.2, 0.25) is 0 Å². The molecule has 0 unspecified atom stereocenters. The van der Waals surface area contributed by atoms with E-state index < -0.39 is 0 Å². The van der Waals surface area contributed by atoms with Gasteiger partial charge in [-0.15, -0.1) is 0 Å². The van der Waals surface area contributed by atoms with Crippen LogP contribution in [0.4, 0.5) is 0 Å². The van der Waals surface area contributed by atoms with E-state index in [1.807, 2.05) is 19.1 Å². The molecule has 0 saturated heterocycles. The van der Waals surface area contributed by atoms with Crippen molar-refractivity contribution < 1.29 is 4.74 Å². The van der Waals surface area contributed by atoms with E-state index in [4.69, 9.17) is 16.3 Å². The molecule has 0 spiro atoms. The molecule has 112 valence electrons. The van der Waals surface area contributed by atoms with Crippen molar-refractivity contribution in [3.63, 3.8) is 0 Å².